The summed E-state index contributed by atoms with van der Waals surface area (Å²) >= 11 is 1.22. The number of amides is 2. The van der Waals surface area contributed by atoms with E-state index in [9.17, 15) is 14.4 Å². The first-order valence-corrected chi connectivity index (χ1v) is 12.0. The van der Waals surface area contributed by atoms with Crippen LogP contribution < -0.4 is 5.56 Å². The molecule has 0 fully saturated rings. The monoisotopic (exact) mass is 481 g/mol. The highest BCUT2D eigenvalue weighted by atomic mass is 32.2. The Morgan fingerprint density at radius 2 is 1.49 bits per heavy atom. The van der Waals surface area contributed by atoms with Crippen molar-refractivity contribution in [3.05, 3.63) is 99.3 Å². The minimum atomic E-state index is -0.330. The maximum Gasteiger partial charge on any atom is 0.267 e. The molecule has 0 radical (unpaired) electrons. The molecule has 1 aliphatic rings. The summed E-state index contributed by atoms with van der Waals surface area (Å²) in [4.78, 5) is 40.4. The molecule has 0 saturated carbocycles. The minimum absolute atomic E-state index is 0.0735. The molecule has 6 rings (SSSR count). The van der Waals surface area contributed by atoms with E-state index < -0.39 is 0 Å². The van der Waals surface area contributed by atoms with Crippen LogP contribution in [0.15, 0.2) is 76.7 Å². The zero-order valence-electron chi connectivity index (χ0n) is 18.9. The molecule has 0 spiro atoms. The fourth-order valence-electron chi connectivity index (χ4n) is 4.45. The second kappa shape index (κ2) is 7.92. The average molecular weight is 482 g/mol. The highest BCUT2D eigenvalue weighted by Gasteiger charge is 2.35. The first-order chi connectivity index (χ1) is 17.0. The summed E-state index contributed by atoms with van der Waals surface area (Å²) in [6.45, 7) is 3.96. The Kier molecular flexibility index (Phi) is 4.82. The quantitative estimate of drug-likeness (QED) is 0.285. The molecule has 3 heterocycles. The Labute approximate surface area is 203 Å². The lowest BCUT2D eigenvalue weighted by molar-refractivity contribution is 0.0684. The van der Waals surface area contributed by atoms with Gasteiger partial charge in [0.1, 0.15) is 0 Å². The standard InChI is InChI=1S/C26H19N5O3S/c1-15-8-7-13-20(16(15)2)30-24(34)19-11-5-6-12-21(19)31-25(30)27-28-26(31)35-14-29-22(32)17-9-3-4-10-18(17)23(29)33/h3-13H,14H2,1-2H3. The van der Waals surface area contributed by atoms with Gasteiger partial charge in [-0.25, -0.2) is 4.57 Å². The third kappa shape index (κ3) is 3.12. The second-order valence-electron chi connectivity index (χ2n) is 8.35. The zero-order chi connectivity index (χ0) is 24.3. The molecule has 0 saturated heterocycles. The summed E-state index contributed by atoms with van der Waals surface area (Å²) < 4.78 is 3.38. The molecule has 1 aliphatic heterocycles. The maximum absolute atomic E-state index is 13.6. The topological polar surface area (TPSA) is 89.6 Å². The number of thioether (sulfide) groups is 1. The van der Waals surface area contributed by atoms with Crippen LogP contribution in [-0.2, 0) is 0 Å². The van der Waals surface area contributed by atoms with Gasteiger partial charge < -0.3 is 0 Å². The maximum atomic E-state index is 13.6. The van der Waals surface area contributed by atoms with Crippen molar-refractivity contribution in [3.63, 3.8) is 0 Å². The van der Waals surface area contributed by atoms with Gasteiger partial charge in [0.25, 0.3) is 17.4 Å². The van der Waals surface area contributed by atoms with Gasteiger partial charge in [0.05, 0.1) is 33.6 Å². The predicted octanol–water partition coefficient (Wildman–Crippen LogP) is 4.00. The van der Waals surface area contributed by atoms with Crippen molar-refractivity contribution in [1.29, 1.82) is 0 Å². The van der Waals surface area contributed by atoms with Gasteiger partial charge in [0.2, 0.25) is 5.78 Å². The Morgan fingerprint density at radius 1 is 0.800 bits per heavy atom. The van der Waals surface area contributed by atoms with Crippen LogP contribution in [0.1, 0.15) is 31.8 Å². The number of benzene rings is 3. The van der Waals surface area contributed by atoms with Gasteiger partial charge in [0, 0.05) is 0 Å². The Balaban J connectivity index is 1.49. The summed E-state index contributed by atoms with van der Waals surface area (Å²) in [6, 6.07) is 19.9. The number of para-hydroxylation sites is 1. The molecule has 0 atom stereocenters. The SMILES string of the molecule is Cc1cccc(-n2c(=O)c3ccccc3n3c(SCN4C(=O)c5ccccc5C4=O)nnc23)c1C. The molecule has 0 N–H and O–H groups in total. The van der Waals surface area contributed by atoms with Crippen molar-refractivity contribution in [2.45, 2.75) is 19.0 Å². The summed E-state index contributed by atoms with van der Waals surface area (Å²) in [5, 5.41) is 9.71. The van der Waals surface area contributed by atoms with Crippen molar-refractivity contribution >= 4 is 40.3 Å². The van der Waals surface area contributed by atoms with Crippen molar-refractivity contribution < 1.29 is 9.59 Å². The molecule has 35 heavy (non-hydrogen) atoms. The third-order valence-electron chi connectivity index (χ3n) is 6.41. The molecule has 2 amide bonds. The number of hydrogen-bond donors (Lipinski definition) is 0. The van der Waals surface area contributed by atoms with Crippen LogP contribution in [0.3, 0.4) is 0 Å². The highest BCUT2D eigenvalue weighted by Crippen LogP contribution is 2.29. The largest absolute Gasteiger partial charge is 0.269 e. The number of carbonyl (C=O) groups excluding carboxylic acids is 2. The summed E-state index contributed by atoms with van der Waals surface area (Å²) in [7, 11) is 0. The molecule has 0 bridgehead atoms. The van der Waals surface area contributed by atoms with Gasteiger partial charge in [-0.05, 0) is 55.3 Å². The van der Waals surface area contributed by atoms with E-state index in [0.717, 1.165) is 16.8 Å². The van der Waals surface area contributed by atoms with Gasteiger partial charge in [0.15, 0.2) is 5.16 Å². The van der Waals surface area contributed by atoms with E-state index in [-0.39, 0.29) is 23.3 Å². The van der Waals surface area contributed by atoms with Crippen LogP contribution >= 0.6 is 11.8 Å². The van der Waals surface area contributed by atoms with E-state index >= 15 is 0 Å². The lowest BCUT2D eigenvalue weighted by Crippen LogP contribution is -2.29. The normalized spacial score (nSPS) is 13.3. The first-order valence-electron chi connectivity index (χ1n) is 11.0. The van der Waals surface area contributed by atoms with Crippen LogP contribution in [0.4, 0.5) is 0 Å². The number of aryl methyl sites for hydroxylation is 1. The van der Waals surface area contributed by atoms with Crippen LogP contribution in [0, 0.1) is 13.8 Å². The Bertz CT molecular complexity index is 1720. The van der Waals surface area contributed by atoms with E-state index in [2.05, 4.69) is 10.2 Å². The van der Waals surface area contributed by atoms with Gasteiger partial charge in [-0.1, -0.05) is 48.2 Å². The Hall–Kier alpha value is -4.24. The van der Waals surface area contributed by atoms with Crippen molar-refractivity contribution in [3.8, 4) is 5.69 Å². The summed E-state index contributed by atoms with van der Waals surface area (Å²) in [5.74, 6) is -0.218. The van der Waals surface area contributed by atoms with E-state index in [1.807, 2.05) is 50.2 Å². The van der Waals surface area contributed by atoms with Crippen LogP contribution in [0.2, 0.25) is 0 Å². The van der Waals surface area contributed by atoms with E-state index in [1.54, 1.807) is 39.3 Å². The predicted molar refractivity (Wildman–Crippen MR) is 133 cm³/mol. The number of nitrogens with zero attached hydrogens (tertiary/aromatic N) is 5. The molecule has 172 valence electrons. The van der Waals surface area contributed by atoms with Crippen molar-refractivity contribution in [2.24, 2.45) is 0 Å². The van der Waals surface area contributed by atoms with E-state index in [4.69, 9.17) is 0 Å². The molecule has 9 heteroatoms. The number of imide groups is 1. The fraction of sp³-hybridized carbons (Fsp3) is 0.115. The van der Waals surface area contributed by atoms with E-state index in [1.165, 1.54) is 16.7 Å². The van der Waals surface area contributed by atoms with Gasteiger partial charge in [-0.3, -0.25) is 23.7 Å². The van der Waals surface area contributed by atoms with Crippen LogP contribution in [0.25, 0.3) is 22.4 Å². The first kappa shape index (κ1) is 21.3. The minimum Gasteiger partial charge on any atom is -0.269 e. The average Bonchev–Trinajstić information content (AvgIpc) is 3.40. The second-order valence-corrected chi connectivity index (χ2v) is 9.26. The Morgan fingerprint density at radius 3 is 2.23 bits per heavy atom. The molecular formula is C26H19N5O3S. The molecular weight excluding hydrogens is 462 g/mol. The van der Waals surface area contributed by atoms with Crippen molar-refractivity contribution in [1.82, 2.24) is 24.1 Å². The number of aromatic nitrogens is 4. The van der Waals surface area contributed by atoms with Gasteiger partial charge in [-0.2, -0.15) is 0 Å². The van der Waals surface area contributed by atoms with Gasteiger partial charge >= 0.3 is 0 Å². The number of rotatable bonds is 4. The van der Waals surface area contributed by atoms with E-state index in [0.29, 0.717) is 33.0 Å². The highest BCUT2D eigenvalue weighted by molar-refractivity contribution is 7.99. The lowest BCUT2D eigenvalue weighted by atomic mass is 10.1. The third-order valence-corrected chi connectivity index (χ3v) is 7.32. The van der Waals surface area contributed by atoms with Gasteiger partial charge in [-0.15, -0.1) is 10.2 Å². The molecule has 5 aromatic rings. The van der Waals surface area contributed by atoms with Crippen molar-refractivity contribution in [2.75, 3.05) is 5.88 Å². The fourth-order valence-corrected chi connectivity index (χ4v) is 5.33. The van der Waals surface area contributed by atoms with Crippen LogP contribution in [-0.4, -0.2) is 41.8 Å². The smallest absolute Gasteiger partial charge is 0.267 e. The molecule has 0 unspecified atom stereocenters. The van der Waals surface area contributed by atoms with Crippen LogP contribution in [0.5, 0.6) is 0 Å². The molecule has 3 aromatic carbocycles. The molecule has 2 aromatic heterocycles. The zero-order valence-corrected chi connectivity index (χ0v) is 19.7. The summed E-state index contributed by atoms with van der Waals surface area (Å²) in [6.07, 6.45) is 0. The summed E-state index contributed by atoms with van der Waals surface area (Å²) in [5.41, 5.74) is 4.03. The number of carbonyl (C=O) groups is 2. The number of fused-ring (bicyclic) bond motifs is 4. The molecule has 0 aliphatic carbocycles. The molecule has 8 nitrogen and oxygen atoms in total. The lowest BCUT2D eigenvalue weighted by Gasteiger charge is -2.15. The number of hydrogen-bond acceptors (Lipinski definition) is 6.